The second kappa shape index (κ2) is 5.72. The summed E-state index contributed by atoms with van der Waals surface area (Å²) < 4.78 is 11.0. The average molecular weight is 334 g/mol. The number of hydrogen-bond acceptors (Lipinski definition) is 5. The zero-order valence-electron chi connectivity index (χ0n) is 12.9. The lowest BCUT2D eigenvalue weighted by Crippen LogP contribution is -2.27. The third-order valence-electron chi connectivity index (χ3n) is 5.15. The van der Waals surface area contributed by atoms with E-state index in [1.165, 1.54) is 0 Å². The Hall–Kier alpha value is -1.18. The lowest BCUT2D eigenvalue weighted by molar-refractivity contribution is 0.0690. The predicted molar refractivity (Wildman–Crippen MR) is 87.4 cm³/mol. The lowest BCUT2D eigenvalue weighted by atomic mass is 9.77. The highest BCUT2D eigenvalue weighted by Gasteiger charge is 2.54. The van der Waals surface area contributed by atoms with Crippen molar-refractivity contribution in [3.05, 3.63) is 23.3 Å². The molecule has 0 amide bonds. The van der Waals surface area contributed by atoms with Crippen molar-refractivity contribution in [3.63, 3.8) is 0 Å². The molecule has 2 N–H and O–H groups in total. The average Bonchev–Trinajstić information content (AvgIpc) is 3.13. The molecule has 0 bridgehead atoms. The molecule has 2 heterocycles. The maximum atomic E-state index is 11.8. The van der Waals surface area contributed by atoms with Crippen molar-refractivity contribution in [1.82, 2.24) is 0 Å². The maximum Gasteiger partial charge on any atom is 0.526 e. The third kappa shape index (κ3) is 2.64. The molecule has 1 aliphatic carbocycles. The van der Waals surface area contributed by atoms with Gasteiger partial charge in [-0.1, -0.05) is 13.0 Å². The largest absolute Gasteiger partial charge is 0.535 e. The Balaban J connectivity index is 1.67. The van der Waals surface area contributed by atoms with Crippen LogP contribution in [0.4, 0.5) is 0 Å². The fraction of sp³-hybridized carbons (Fsp3) is 0.562. The number of rotatable bonds is 4. The number of benzene rings is 1. The second-order valence-electron chi connectivity index (χ2n) is 6.62. The van der Waals surface area contributed by atoms with Gasteiger partial charge in [0, 0.05) is 22.6 Å². The third-order valence-corrected chi connectivity index (χ3v) is 6.50. The molecule has 122 valence electrons. The van der Waals surface area contributed by atoms with Gasteiger partial charge in [0.15, 0.2) is 0 Å². The minimum absolute atomic E-state index is 0.122. The second-order valence-corrected chi connectivity index (χ2v) is 8.04. The van der Waals surface area contributed by atoms with Crippen LogP contribution in [0.3, 0.4) is 0 Å². The fourth-order valence-corrected chi connectivity index (χ4v) is 4.87. The van der Waals surface area contributed by atoms with Crippen LogP contribution in [0.5, 0.6) is 5.75 Å². The van der Waals surface area contributed by atoms with E-state index in [1.54, 1.807) is 11.8 Å². The topological polar surface area (TPSA) is 76.0 Å². The molecule has 0 unspecified atom stereocenters. The molecule has 5 nitrogen and oxygen atoms in total. The van der Waals surface area contributed by atoms with Crippen LogP contribution in [0.1, 0.15) is 41.6 Å². The molecule has 2 fully saturated rings. The van der Waals surface area contributed by atoms with Gasteiger partial charge < -0.3 is 19.5 Å². The summed E-state index contributed by atoms with van der Waals surface area (Å²) in [6, 6.07) is 3.87. The summed E-state index contributed by atoms with van der Waals surface area (Å²) in [5.41, 5.74) is 1.13. The number of hydrogen-bond donors (Lipinski definition) is 2. The number of carboxylic acids is 1. The van der Waals surface area contributed by atoms with E-state index in [2.05, 4.69) is 6.92 Å². The van der Waals surface area contributed by atoms with E-state index in [9.17, 15) is 14.9 Å². The Morgan fingerprint density at radius 3 is 3.00 bits per heavy atom. The standard InChI is InChI=1S/C16H19BO5S/c1-8(9-4-5-21-7-9)23-13-3-2-10-11-6-12(11)17(20)22-15(10)14(13)16(18)19/h2-3,8-9,11-12,20H,4-7H2,1H3,(H,18,19)/t8-,9+,11-,12-/m0/s1. The van der Waals surface area contributed by atoms with E-state index >= 15 is 0 Å². The van der Waals surface area contributed by atoms with Gasteiger partial charge in [0.1, 0.15) is 11.3 Å². The Morgan fingerprint density at radius 2 is 2.30 bits per heavy atom. The first-order valence-electron chi connectivity index (χ1n) is 8.05. The number of carbonyl (C=O) groups is 1. The summed E-state index contributed by atoms with van der Waals surface area (Å²) in [6.07, 6.45) is 1.88. The van der Waals surface area contributed by atoms with Crippen LogP contribution in [-0.4, -0.2) is 41.7 Å². The summed E-state index contributed by atoms with van der Waals surface area (Å²) in [5, 5.41) is 19.9. The molecular formula is C16H19BO5S. The Labute approximate surface area is 139 Å². The van der Waals surface area contributed by atoms with Crippen LogP contribution < -0.4 is 4.65 Å². The fourth-order valence-electron chi connectivity index (χ4n) is 3.62. The molecule has 0 radical (unpaired) electrons. The normalized spacial score (nSPS) is 29.5. The molecule has 0 spiro atoms. The van der Waals surface area contributed by atoms with Gasteiger partial charge in [0.25, 0.3) is 0 Å². The number of thioether (sulfide) groups is 1. The van der Waals surface area contributed by atoms with Crippen molar-refractivity contribution < 1.29 is 24.3 Å². The van der Waals surface area contributed by atoms with Gasteiger partial charge in [-0.05, 0) is 36.3 Å². The number of fused-ring (bicyclic) bond motifs is 3. The van der Waals surface area contributed by atoms with Gasteiger partial charge in [-0.3, -0.25) is 0 Å². The zero-order valence-corrected chi connectivity index (χ0v) is 13.7. The molecular weight excluding hydrogens is 315 g/mol. The highest BCUT2D eigenvalue weighted by molar-refractivity contribution is 8.00. The van der Waals surface area contributed by atoms with Gasteiger partial charge in [-0.15, -0.1) is 11.8 Å². The monoisotopic (exact) mass is 334 g/mol. The summed E-state index contributed by atoms with van der Waals surface area (Å²) in [5.74, 6) is 0.176. The first-order valence-corrected chi connectivity index (χ1v) is 8.93. The minimum Gasteiger partial charge on any atom is -0.535 e. The molecule has 3 aliphatic rings. The van der Waals surface area contributed by atoms with Crippen LogP contribution >= 0.6 is 11.8 Å². The van der Waals surface area contributed by atoms with Crippen molar-refractivity contribution in [2.45, 2.75) is 41.6 Å². The van der Waals surface area contributed by atoms with E-state index in [1.807, 2.05) is 12.1 Å². The molecule has 1 saturated carbocycles. The van der Waals surface area contributed by atoms with Gasteiger partial charge in [0.05, 0.1) is 6.61 Å². The molecule has 0 aromatic heterocycles. The Kier molecular flexibility index (Phi) is 3.82. The number of aromatic carboxylic acids is 1. The summed E-state index contributed by atoms with van der Waals surface area (Å²) in [6.45, 7) is 3.63. The number of ether oxygens (including phenoxy) is 1. The molecule has 23 heavy (non-hydrogen) atoms. The quantitative estimate of drug-likeness (QED) is 0.651. The predicted octanol–water partition coefficient (Wildman–Crippen LogP) is 2.63. The zero-order chi connectivity index (χ0) is 16.1. The van der Waals surface area contributed by atoms with Gasteiger partial charge in [-0.2, -0.15) is 0 Å². The van der Waals surface area contributed by atoms with Gasteiger partial charge in [-0.25, -0.2) is 4.79 Å². The van der Waals surface area contributed by atoms with Crippen molar-refractivity contribution in [2.24, 2.45) is 5.92 Å². The van der Waals surface area contributed by atoms with Crippen molar-refractivity contribution in [3.8, 4) is 5.75 Å². The van der Waals surface area contributed by atoms with E-state index in [0.29, 0.717) is 16.6 Å². The molecule has 7 heteroatoms. The molecule has 2 aliphatic heterocycles. The van der Waals surface area contributed by atoms with Crippen LogP contribution in [-0.2, 0) is 4.74 Å². The first-order chi connectivity index (χ1) is 11.1. The summed E-state index contributed by atoms with van der Waals surface area (Å²) in [4.78, 5) is 12.5. The van der Waals surface area contributed by atoms with Crippen molar-refractivity contribution in [1.29, 1.82) is 0 Å². The molecule has 1 aromatic carbocycles. The van der Waals surface area contributed by atoms with Crippen molar-refractivity contribution in [2.75, 3.05) is 13.2 Å². The lowest BCUT2D eigenvalue weighted by Gasteiger charge is -2.24. The summed E-state index contributed by atoms with van der Waals surface area (Å²) in [7, 11) is -0.883. The SMILES string of the molecule is C[C@H](Sc1ccc2c(c1C(=O)O)OB(O)[C@H]1C[C@@H]21)[C@@H]1CCOC1. The first kappa shape index (κ1) is 15.4. The molecule has 4 atom stereocenters. The van der Waals surface area contributed by atoms with Crippen LogP contribution in [0.15, 0.2) is 17.0 Å². The molecule has 4 rings (SSSR count). The molecule has 1 aromatic rings. The van der Waals surface area contributed by atoms with E-state index in [-0.39, 0.29) is 22.5 Å². The number of carboxylic acid groups (broad SMARTS) is 1. The van der Waals surface area contributed by atoms with E-state index in [0.717, 1.165) is 31.6 Å². The van der Waals surface area contributed by atoms with E-state index < -0.39 is 13.1 Å². The van der Waals surface area contributed by atoms with Crippen LogP contribution in [0.25, 0.3) is 0 Å². The molecule has 1 saturated heterocycles. The minimum atomic E-state index is -0.995. The highest BCUT2D eigenvalue weighted by Crippen LogP contribution is 2.60. The summed E-state index contributed by atoms with van der Waals surface area (Å²) >= 11 is 1.56. The smallest absolute Gasteiger partial charge is 0.526 e. The van der Waals surface area contributed by atoms with Crippen LogP contribution in [0.2, 0.25) is 5.82 Å². The van der Waals surface area contributed by atoms with Crippen molar-refractivity contribution >= 4 is 24.8 Å². The van der Waals surface area contributed by atoms with Crippen LogP contribution in [0, 0.1) is 5.92 Å². The Bertz CT molecular complexity index is 646. The highest BCUT2D eigenvalue weighted by atomic mass is 32.2. The van der Waals surface area contributed by atoms with Gasteiger partial charge >= 0.3 is 13.1 Å². The van der Waals surface area contributed by atoms with Gasteiger partial charge in [0.2, 0.25) is 0 Å². The Morgan fingerprint density at radius 1 is 1.48 bits per heavy atom. The maximum absolute atomic E-state index is 11.8. The van der Waals surface area contributed by atoms with E-state index in [4.69, 9.17) is 9.39 Å².